The molecule has 1 rings (SSSR count). The van der Waals surface area contributed by atoms with E-state index in [0.717, 1.165) is 44.2 Å². The fourth-order valence-electron chi connectivity index (χ4n) is 2.35. The molecule has 0 saturated carbocycles. The Morgan fingerprint density at radius 3 is 2.29 bits per heavy atom. The number of hydrogen-bond donors (Lipinski definition) is 0. The SMILES string of the molecule is C=CCCCCCCCCCOC(=O)c1cccc(C(F)(F)F)c1. The Kier molecular flexibility index (Phi) is 9.20. The summed E-state index contributed by atoms with van der Waals surface area (Å²) in [5, 5.41) is 0. The minimum Gasteiger partial charge on any atom is -0.462 e. The highest BCUT2D eigenvalue weighted by molar-refractivity contribution is 5.89. The number of halogens is 3. The molecule has 5 heteroatoms. The number of allylic oxidation sites excluding steroid dienone is 1. The summed E-state index contributed by atoms with van der Waals surface area (Å²) in [6, 6.07) is 4.31. The Morgan fingerprint density at radius 2 is 1.67 bits per heavy atom. The van der Waals surface area contributed by atoms with Crippen LogP contribution in [0.25, 0.3) is 0 Å². The first kappa shape index (κ1) is 20.3. The Labute approximate surface area is 141 Å². The Hall–Kier alpha value is -1.78. The highest BCUT2D eigenvalue weighted by Crippen LogP contribution is 2.29. The van der Waals surface area contributed by atoms with E-state index in [0.29, 0.717) is 0 Å². The number of unbranched alkanes of at least 4 members (excludes halogenated alkanes) is 7. The van der Waals surface area contributed by atoms with Crippen molar-refractivity contribution in [3.63, 3.8) is 0 Å². The lowest BCUT2D eigenvalue weighted by molar-refractivity contribution is -0.137. The van der Waals surface area contributed by atoms with Gasteiger partial charge in [-0.3, -0.25) is 0 Å². The first-order valence-electron chi connectivity index (χ1n) is 8.40. The molecule has 0 atom stereocenters. The second-order valence-electron chi connectivity index (χ2n) is 5.77. The summed E-state index contributed by atoms with van der Waals surface area (Å²) in [6.45, 7) is 3.93. The van der Waals surface area contributed by atoms with Crippen molar-refractivity contribution < 1.29 is 22.7 Å². The van der Waals surface area contributed by atoms with Crippen molar-refractivity contribution >= 4 is 5.97 Å². The maximum Gasteiger partial charge on any atom is 0.416 e. The van der Waals surface area contributed by atoms with E-state index in [1.54, 1.807) is 0 Å². The van der Waals surface area contributed by atoms with Gasteiger partial charge in [0, 0.05) is 0 Å². The van der Waals surface area contributed by atoms with Gasteiger partial charge in [0.2, 0.25) is 0 Å². The summed E-state index contributed by atoms with van der Waals surface area (Å²) < 4.78 is 42.8. The van der Waals surface area contributed by atoms with Crippen LogP contribution in [0, 0.1) is 0 Å². The molecule has 0 fully saturated rings. The molecule has 134 valence electrons. The van der Waals surface area contributed by atoms with Gasteiger partial charge in [0.1, 0.15) is 0 Å². The largest absolute Gasteiger partial charge is 0.462 e. The first-order chi connectivity index (χ1) is 11.4. The van der Waals surface area contributed by atoms with Gasteiger partial charge in [-0.2, -0.15) is 13.2 Å². The van der Waals surface area contributed by atoms with Gasteiger partial charge in [0.15, 0.2) is 0 Å². The van der Waals surface area contributed by atoms with E-state index in [9.17, 15) is 18.0 Å². The van der Waals surface area contributed by atoms with Crippen LogP contribution in [0.15, 0.2) is 36.9 Å². The number of benzene rings is 1. The van der Waals surface area contributed by atoms with Crippen molar-refractivity contribution in [2.24, 2.45) is 0 Å². The van der Waals surface area contributed by atoms with Gasteiger partial charge in [-0.05, 0) is 37.5 Å². The molecule has 0 aliphatic rings. The van der Waals surface area contributed by atoms with Crippen LogP contribution in [-0.2, 0) is 10.9 Å². The maximum absolute atomic E-state index is 12.6. The third-order valence-electron chi connectivity index (χ3n) is 3.71. The van der Waals surface area contributed by atoms with Gasteiger partial charge in [0.05, 0.1) is 17.7 Å². The molecule has 1 aromatic carbocycles. The predicted octanol–water partition coefficient (Wildman–Crippen LogP) is 6.17. The van der Waals surface area contributed by atoms with E-state index in [4.69, 9.17) is 4.74 Å². The average molecular weight is 342 g/mol. The van der Waals surface area contributed by atoms with Crippen molar-refractivity contribution in [3.8, 4) is 0 Å². The first-order valence-corrected chi connectivity index (χ1v) is 8.40. The number of alkyl halides is 3. The van der Waals surface area contributed by atoms with E-state index in [2.05, 4.69) is 6.58 Å². The fraction of sp³-hybridized carbons (Fsp3) is 0.526. The summed E-state index contributed by atoms with van der Waals surface area (Å²) in [5.74, 6) is -0.703. The second-order valence-corrected chi connectivity index (χ2v) is 5.77. The molecule has 0 N–H and O–H groups in total. The number of rotatable bonds is 11. The van der Waals surface area contributed by atoms with Crippen LogP contribution in [0.1, 0.15) is 67.3 Å². The molecule has 0 spiro atoms. The minimum absolute atomic E-state index is 0.0629. The van der Waals surface area contributed by atoms with Crippen molar-refractivity contribution in [1.29, 1.82) is 0 Å². The lowest BCUT2D eigenvalue weighted by Gasteiger charge is -2.09. The van der Waals surface area contributed by atoms with Gasteiger partial charge in [-0.1, -0.05) is 44.2 Å². The monoisotopic (exact) mass is 342 g/mol. The van der Waals surface area contributed by atoms with Gasteiger partial charge in [-0.25, -0.2) is 4.79 Å². The quantitative estimate of drug-likeness (QED) is 0.273. The van der Waals surface area contributed by atoms with Crippen LogP contribution in [0.3, 0.4) is 0 Å². The summed E-state index contributed by atoms with van der Waals surface area (Å²) in [6.07, 6.45) is 6.03. The van der Waals surface area contributed by atoms with E-state index >= 15 is 0 Å². The smallest absolute Gasteiger partial charge is 0.416 e. The van der Waals surface area contributed by atoms with Crippen molar-refractivity contribution in [1.82, 2.24) is 0 Å². The molecule has 0 saturated heterocycles. The molecule has 24 heavy (non-hydrogen) atoms. The second kappa shape index (κ2) is 10.9. The van der Waals surface area contributed by atoms with Gasteiger partial charge in [0.25, 0.3) is 0 Å². The standard InChI is InChI=1S/C19H25F3O2/c1-2-3-4-5-6-7-8-9-10-14-24-18(23)16-12-11-13-17(15-16)19(20,21)22/h2,11-13,15H,1,3-10,14H2. The molecule has 0 aliphatic carbocycles. The van der Waals surface area contributed by atoms with Crippen LogP contribution in [0.5, 0.6) is 0 Å². The van der Waals surface area contributed by atoms with Crippen LogP contribution < -0.4 is 0 Å². The Balaban J connectivity index is 2.17. The zero-order chi connectivity index (χ0) is 17.8. The van der Waals surface area contributed by atoms with Gasteiger partial charge < -0.3 is 4.74 Å². The highest BCUT2D eigenvalue weighted by atomic mass is 19.4. The molecular formula is C19H25F3O2. The topological polar surface area (TPSA) is 26.3 Å². The molecule has 0 unspecified atom stereocenters. The summed E-state index contributed by atoms with van der Waals surface area (Å²) >= 11 is 0. The molecule has 0 heterocycles. The third kappa shape index (κ3) is 8.18. The third-order valence-corrected chi connectivity index (χ3v) is 3.71. The zero-order valence-corrected chi connectivity index (χ0v) is 13.9. The minimum atomic E-state index is -4.46. The molecule has 0 bridgehead atoms. The Bertz CT molecular complexity index is 510. The number of esters is 1. The van der Waals surface area contributed by atoms with Crippen LogP contribution in [0.2, 0.25) is 0 Å². The van der Waals surface area contributed by atoms with E-state index in [1.807, 2.05) is 6.08 Å². The van der Waals surface area contributed by atoms with Gasteiger partial charge >= 0.3 is 12.1 Å². The fourth-order valence-corrected chi connectivity index (χ4v) is 2.35. The van der Waals surface area contributed by atoms with E-state index in [-0.39, 0.29) is 12.2 Å². The number of carbonyl (C=O) groups excluding carboxylic acids is 1. The van der Waals surface area contributed by atoms with Crippen LogP contribution in [-0.4, -0.2) is 12.6 Å². The molecule has 0 aliphatic heterocycles. The maximum atomic E-state index is 12.6. The van der Waals surface area contributed by atoms with Crippen molar-refractivity contribution in [2.45, 2.75) is 57.5 Å². The highest BCUT2D eigenvalue weighted by Gasteiger charge is 2.31. The number of carbonyl (C=O) groups is 1. The number of hydrogen-bond acceptors (Lipinski definition) is 2. The average Bonchev–Trinajstić information content (AvgIpc) is 2.55. The lowest BCUT2D eigenvalue weighted by atomic mass is 10.1. The van der Waals surface area contributed by atoms with E-state index < -0.39 is 17.7 Å². The molecule has 0 aromatic heterocycles. The predicted molar refractivity (Wildman–Crippen MR) is 88.9 cm³/mol. The molecule has 0 radical (unpaired) electrons. The summed E-state index contributed by atoms with van der Waals surface area (Å²) in [4.78, 5) is 11.8. The number of ether oxygens (including phenoxy) is 1. The van der Waals surface area contributed by atoms with Crippen molar-refractivity contribution in [2.75, 3.05) is 6.61 Å². The Morgan fingerprint density at radius 1 is 1.04 bits per heavy atom. The van der Waals surface area contributed by atoms with Crippen LogP contribution >= 0.6 is 0 Å². The molecule has 0 amide bonds. The molecule has 1 aromatic rings. The van der Waals surface area contributed by atoms with E-state index in [1.165, 1.54) is 31.4 Å². The van der Waals surface area contributed by atoms with Crippen molar-refractivity contribution in [3.05, 3.63) is 48.0 Å². The van der Waals surface area contributed by atoms with Gasteiger partial charge in [-0.15, -0.1) is 6.58 Å². The van der Waals surface area contributed by atoms with Crippen LogP contribution in [0.4, 0.5) is 13.2 Å². The summed E-state index contributed by atoms with van der Waals surface area (Å²) in [5.41, 5.74) is -0.902. The molecular weight excluding hydrogens is 317 g/mol. The summed E-state index contributed by atoms with van der Waals surface area (Å²) in [7, 11) is 0. The zero-order valence-electron chi connectivity index (χ0n) is 13.9. The molecule has 2 nitrogen and oxygen atoms in total. The normalized spacial score (nSPS) is 11.3. The lowest BCUT2D eigenvalue weighted by Crippen LogP contribution is -2.10.